The minimum atomic E-state index is -1.85. The first-order chi connectivity index (χ1) is 11.4. The molecule has 0 radical (unpaired) electrons. The molecule has 0 heterocycles. The number of carbonyl (C=O) groups is 2. The second kappa shape index (κ2) is 7.91. The van der Waals surface area contributed by atoms with Crippen LogP contribution in [0.15, 0.2) is 36.4 Å². The molecule has 0 aromatic heterocycles. The van der Waals surface area contributed by atoms with Crippen LogP contribution in [-0.4, -0.2) is 36.0 Å². The van der Waals surface area contributed by atoms with Gasteiger partial charge in [0.1, 0.15) is 11.6 Å². The van der Waals surface area contributed by atoms with Crippen molar-refractivity contribution >= 4 is 42.1 Å². The van der Waals surface area contributed by atoms with Crippen LogP contribution in [0.25, 0.3) is 0 Å². The van der Waals surface area contributed by atoms with Crippen LogP contribution in [0, 0.1) is 5.82 Å². The van der Waals surface area contributed by atoms with Gasteiger partial charge in [-0.2, -0.15) is 0 Å². The van der Waals surface area contributed by atoms with Gasteiger partial charge in [0.25, 0.3) is 5.91 Å². The van der Waals surface area contributed by atoms with Gasteiger partial charge in [0.05, 0.1) is 16.3 Å². The zero-order valence-corrected chi connectivity index (χ0v) is 13.0. The fraction of sp³-hybridized carbons (Fsp3) is 0.0667. The van der Waals surface area contributed by atoms with E-state index in [0.29, 0.717) is 6.29 Å². The molecule has 0 spiro atoms. The summed E-state index contributed by atoms with van der Waals surface area (Å²) >= 11 is 5.80. The first kappa shape index (κ1) is 17.9. The molecule has 24 heavy (non-hydrogen) atoms. The van der Waals surface area contributed by atoms with Crippen molar-refractivity contribution in [3.05, 3.63) is 52.8 Å². The number of benzene rings is 2. The maximum absolute atomic E-state index is 12.9. The standard InChI is InChI=1S/C15H12BClFNO5/c17-12-6-9(18)4-5-13(12)19-15(21)8-24-14-3-1-2-11(16(22)23)10(14)7-20/h1-7,22-23H,8H2,(H,19,21). The first-order valence-electron chi connectivity index (χ1n) is 6.74. The Morgan fingerprint density at radius 2 is 2.08 bits per heavy atom. The van der Waals surface area contributed by atoms with E-state index < -0.39 is 25.4 Å². The van der Waals surface area contributed by atoms with Crippen molar-refractivity contribution in [2.24, 2.45) is 0 Å². The van der Waals surface area contributed by atoms with Gasteiger partial charge in [-0.3, -0.25) is 9.59 Å². The van der Waals surface area contributed by atoms with Crippen LogP contribution in [0.3, 0.4) is 0 Å². The molecule has 6 nitrogen and oxygen atoms in total. The summed E-state index contributed by atoms with van der Waals surface area (Å²) in [5.74, 6) is -1.10. The monoisotopic (exact) mass is 351 g/mol. The molecule has 124 valence electrons. The molecule has 0 saturated heterocycles. The van der Waals surface area contributed by atoms with E-state index in [0.717, 1.165) is 12.1 Å². The summed E-state index contributed by atoms with van der Waals surface area (Å²) in [6.07, 6.45) is 0.402. The van der Waals surface area contributed by atoms with Crippen molar-refractivity contribution in [1.82, 2.24) is 0 Å². The zero-order chi connectivity index (χ0) is 17.7. The normalized spacial score (nSPS) is 10.2. The summed E-state index contributed by atoms with van der Waals surface area (Å²) in [5, 5.41) is 20.9. The Balaban J connectivity index is 2.06. The molecule has 0 saturated carbocycles. The van der Waals surface area contributed by atoms with Gasteiger partial charge >= 0.3 is 7.12 Å². The third-order valence-corrected chi connectivity index (χ3v) is 3.37. The molecule has 0 aliphatic carbocycles. The smallest absolute Gasteiger partial charge is 0.483 e. The quantitative estimate of drug-likeness (QED) is 0.533. The van der Waals surface area contributed by atoms with Gasteiger partial charge in [0, 0.05) is 0 Å². The number of hydrogen-bond acceptors (Lipinski definition) is 5. The van der Waals surface area contributed by atoms with E-state index in [-0.39, 0.29) is 27.5 Å². The molecule has 9 heteroatoms. The van der Waals surface area contributed by atoms with Crippen molar-refractivity contribution in [2.45, 2.75) is 0 Å². The lowest BCUT2D eigenvalue weighted by Gasteiger charge is -2.12. The zero-order valence-electron chi connectivity index (χ0n) is 12.2. The van der Waals surface area contributed by atoms with Gasteiger partial charge in [-0.1, -0.05) is 23.7 Å². The summed E-state index contributed by atoms with van der Waals surface area (Å²) in [4.78, 5) is 23.0. The van der Waals surface area contributed by atoms with Crippen LogP contribution in [0.1, 0.15) is 10.4 Å². The molecular formula is C15H12BClFNO5. The Morgan fingerprint density at radius 3 is 2.71 bits per heavy atom. The van der Waals surface area contributed by atoms with Crippen LogP contribution in [0.4, 0.5) is 10.1 Å². The minimum Gasteiger partial charge on any atom is -0.483 e. The maximum atomic E-state index is 12.9. The molecule has 0 atom stereocenters. The van der Waals surface area contributed by atoms with E-state index in [1.165, 1.54) is 24.3 Å². The summed E-state index contributed by atoms with van der Waals surface area (Å²) in [6, 6.07) is 7.70. The Kier molecular flexibility index (Phi) is 5.91. The van der Waals surface area contributed by atoms with Crippen LogP contribution in [0.2, 0.25) is 5.02 Å². The average Bonchev–Trinajstić information content (AvgIpc) is 2.55. The fourth-order valence-electron chi connectivity index (χ4n) is 1.96. The number of nitrogens with one attached hydrogen (secondary N) is 1. The highest BCUT2D eigenvalue weighted by atomic mass is 35.5. The predicted molar refractivity (Wildman–Crippen MR) is 87.2 cm³/mol. The maximum Gasteiger partial charge on any atom is 0.489 e. The molecule has 0 fully saturated rings. The highest BCUT2D eigenvalue weighted by Crippen LogP contribution is 2.22. The number of aldehydes is 1. The van der Waals surface area contributed by atoms with Crippen molar-refractivity contribution in [3.8, 4) is 5.75 Å². The van der Waals surface area contributed by atoms with Gasteiger partial charge < -0.3 is 20.1 Å². The molecule has 2 rings (SSSR count). The lowest BCUT2D eigenvalue weighted by Crippen LogP contribution is -2.33. The number of ether oxygens (including phenoxy) is 1. The van der Waals surface area contributed by atoms with E-state index in [1.54, 1.807) is 0 Å². The molecule has 2 aromatic carbocycles. The van der Waals surface area contributed by atoms with Gasteiger partial charge in [0.2, 0.25) is 0 Å². The third-order valence-electron chi connectivity index (χ3n) is 3.06. The summed E-state index contributed by atoms with van der Waals surface area (Å²) < 4.78 is 18.2. The minimum absolute atomic E-state index is 0.0240. The van der Waals surface area contributed by atoms with Crippen molar-refractivity contribution in [3.63, 3.8) is 0 Å². The van der Waals surface area contributed by atoms with Crippen LogP contribution >= 0.6 is 11.6 Å². The Labute approximate surface area is 142 Å². The van der Waals surface area contributed by atoms with Gasteiger partial charge in [-0.15, -0.1) is 0 Å². The number of carbonyl (C=O) groups excluding carboxylic acids is 2. The Hall–Kier alpha value is -2.42. The average molecular weight is 352 g/mol. The van der Waals surface area contributed by atoms with Crippen molar-refractivity contribution < 1.29 is 28.8 Å². The Bertz CT molecular complexity index is 772. The Morgan fingerprint density at radius 1 is 1.33 bits per heavy atom. The highest BCUT2D eigenvalue weighted by Gasteiger charge is 2.19. The first-order valence-corrected chi connectivity index (χ1v) is 7.12. The predicted octanol–water partition coefficient (Wildman–Crippen LogP) is 0.989. The number of halogens is 2. The largest absolute Gasteiger partial charge is 0.489 e. The second-order valence-corrected chi connectivity index (χ2v) is 5.12. The molecule has 1 amide bonds. The fourth-order valence-corrected chi connectivity index (χ4v) is 2.17. The third kappa shape index (κ3) is 4.32. The van der Waals surface area contributed by atoms with Crippen LogP contribution in [0.5, 0.6) is 5.75 Å². The van der Waals surface area contributed by atoms with E-state index in [2.05, 4.69) is 5.32 Å². The molecular weight excluding hydrogens is 339 g/mol. The van der Waals surface area contributed by atoms with E-state index >= 15 is 0 Å². The van der Waals surface area contributed by atoms with Crippen molar-refractivity contribution in [1.29, 1.82) is 0 Å². The molecule has 2 aromatic rings. The lowest BCUT2D eigenvalue weighted by molar-refractivity contribution is -0.118. The van der Waals surface area contributed by atoms with Crippen LogP contribution < -0.4 is 15.5 Å². The van der Waals surface area contributed by atoms with Gasteiger partial charge in [0.15, 0.2) is 12.9 Å². The number of rotatable bonds is 6. The van der Waals surface area contributed by atoms with E-state index in [4.69, 9.17) is 16.3 Å². The molecule has 0 bridgehead atoms. The molecule has 0 aliphatic rings. The molecule has 0 aliphatic heterocycles. The van der Waals surface area contributed by atoms with E-state index in [9.17, 15) is 24.0 Å². The van der Waals surface area contributed by atoms with Crippen LogP contribution in [-0.2, 0) is 4.79 Å². The molecule has 0 unspecified atom stereocenters. The number of anilines is 1. The lowest BCUT2D eigenvalue weighted by atomic mass is 9.77. The van der Waals surface area contributed by atoms with Crippen molar-refractivity contribution in [2.75, 3.05) is 11.9 Å². The SMILES string of the molecule is O=Cc1c(OCC(=O)Nc2ccc(F)cc2Cl)cccc1B(O)O. The topological polar surface area (TPSA) is 95.9 Å². The molecule has 3 N–H and O–H groups in total. The van der Waals surface area contributed by atoms with Gasteiger partial charge in [-0.25, -0.2) is 4.39 Å². The second-order valence-electron chi connectivity index (χ2n) is 4.71. The number of hydrogen-bond donors (Lipinski definition) is 3. The highest BCUT2D eigenvalue weighted by molar-refractivity contribution is 6.60. The number of amides is 1. The summed E-state index contributed by atoms with van der Waals surface area (Å²) in [6.45, 7) is -0.459. The summed E-state index contributed by atoms with van der Waals surface area (Å²) in [5.41, 5.74) is 0.103. The van der Waals surface area contributed by atoms with Gasteiger partial charge in [-0.05, 0) is 29.7 Å². The van der Waals surface area contributed by atoms with E-state index in [1.807, 2.05) is 0 Å². The summed E-state index contributed by atoms with van der Waals surface area (Å²) in [7, 11) is -1.85.